The number of Topliss-reactive ketones (excluding diaryl/α,β-unsaturated/α-hetero) is 1. The summed E-state index contributed by atoms with van der Waals surface area (Å²) in [5, 5.41) is 0.969. The van der Waals surface area contributed by atoms with Crippen LogP contribution in [0, 0.1) is 19.8 Å². The second kappa shape index (κ2) is 6.68. The van der Waals surface area contributed by atoms with Crippen LogP contribution in [0.2, 0.25) is 0 Å². The third kappa shape index (κ3) is 3.05. The van der Waals surface area contributed by atoms with E-state index in [0.717, 1.165) is 34.9 Å². The smallest absolute Gasteiger partial charge is 0.289 e. The number of aromatic nitrogens is 2. The lowest BCUT2D eigenvalue weighted by atomic mass is 9.93. The molecule has 6 nitrogen and oxygen atoms in total. The van der Waals surface area contributed by atoms with Crippen LogP contribution in [0.15, 0.2) is 35.0 Å². The van der Waals surface area contributed by atoms with Crippen LogP contribution in [-0.4, -0.2) is 39.2 Å². The Balaban J connectivity index is 1.58. The van der Waals surface area contributed by atoms with Crippen LogP contribution in [0.5, 0.6) is 0 Å². The van der Waals surface area contributed by atoms with Crippen molar-refractivity contribution >= 4 is 22.7 Å². The molecule has 0 radical (unpaired) electrons. The monoisotopic (exact) mass is 365 g/mol. The molecule has 2 aromatic heterocycles. The Labute approximate surface area is 157 Å². The number of carbonyl (C=O) groups excluding carboxylic acids is 2. The van der Waals surface area contributed by atoms with Crippen molar-refractivity contribution in [2.45, 2.75) is 26.7 Å². The molecule has 0 bridgehead atoms. The number of benzene rings is 1. The molecule has 3 heterocycles. The number of imidazole rings is 1. The topological polar surface area (TPSA) is 68.3 Å². The highest BCUT2D eigenvalue weighted by Gasteiger charge is 2.33. The Kier molecular flexibility index (Phi) is 4.34. The number of nitrogens with zero attached hydrogens (tertiary/aromatic N) is 3. The number of amides is 1. The summed E-state index contributed by atoms with van der Waals surface area (Å²) in [6.07, 6.45) is 4.95. The van der Waals surface area contributed by atoms with Gasteiger partial charge in [0.25, 0.3) is 5.91 Å². The first-order chi connectivity index (χ1) is 13.0. The lowest BCUT2D eigenvalue weighted by Gasteiger charge is -2.31. The minimum absolute atomic E-state index is 0.00282. The minimum Gasteiger partial charge on any atom is -0.451 e. The number of rotatable bonds is 3. The average molecular weight is 365 g/mol. The van der Waals surface area contributed by atoms with Crippen LogP contribution in [0.25, 0.3) is 11.0 Å². The van der Waals surface area contributed by atoms with E-state index in [1.807, 2.05) is 39.1 Å². The van der Waals surface area contributed by atoms with Gasteiger partial charge in [-0.15, -0.1) is 0 Å². The van der Waals surface area contributed by atoms with E-state index in [9.17, 15) is 9.59 Å². The van der Waals surface area contributed by atoms with Crippen molar-refractivity contribution in [3.05, 3.63) is 53.3 Å². The number of likely N-dealkylation sites (tertiary alicyclic amines) is 1. The molecule has 0 spiro atoms. The zero-order valence-electron chi connectivity index (χ0n) is 15.9. The summed E-state index contributed by atoms with van der Waals surface area (Å²) in [6.45, 7) is 4.98. The quantitative estimate of drug-likeness (QED) is 0.666. The van der Waals surface area contributed by atoms with E-state index in [1.54, 1.807) is 21.9 Å². The van der Waals surface area contributed by atoms with Crippen LogP contribution >= 0.6 is 0 Å². The molecule has 0 aliphatic carbocycles. The molecule has 4 rings (SSSR count). The van der Waals surface area contributed by atoms with Gasteiger partial charge in [-0.1, -0.05) is 11.6 Å². The van der Waals surface area contributed by atoms with E-state index in [0.29, 0.717) is 24.7 Å². The van der Waals surface area contributed by atoms with Gasteiger partial charge in [0.1, 0.15) is 5.58 Å². The summed E-state index contributed by atoms with van der Waals surface area (Å²) in [5.74, 6) is 0.455. The van der Waals surface area contributed by atoms with Crippen LogP contribution in [-0.2, 0) is 7.05 Å². The van der Waals surface area contributed by atoms with Gasteiger partial charge < -0.3 is 13.9 Å². The molecule has 3 aromatic rings. The van der Waals surface area contributed by atoms with Gasteiger partial charge in [0.05, 0.1) is 0 Å². The predicted molar refractivity (Wildman–Crippen MR) is 102 cm³/mol. The zero-order chi connectivity index (χ0) is 19.1. The molecule has 0 unspecified atom stereocenters. The molecular weight excluding hydrogens is 342 g/mol. The molecule has 1 aliphatic heterocycles. The molecule has 0 N–H and O–H groups in total. The molecule has 140 valence electrons. The van der Waals surface area contributed by atoms with Gasteiger partial charge >= 0.3 is 0 Å². The maximum absolute atomic E-state index is 13.1. The maximum atomic E-state index is 13.1. The van der Waals surface area contributed by atoms with Crippen LogP contribution in [0.4, 0.5) is 0 Å². The summed E-state index contributed by atoms with van der Waals surface area (Å²) in [6, 6.07) is 5.91. The van der Waals surface area contributed by atoms with E-state index >= 15 is 0 Å². The number of piperidine rings is 1. The van der Waals surface area contributed by atoms with Crippen LogP contribution < -0.4 is 0 Å². The zero-order valence-corrected chi connectivity index (χ0v) is 15.9. The number of aryl methyl sites for hydroxylation is 3. The summed E-state index contributed by atoms with van der Waals surface area (Å²) in [7, 11) is 1.81. The molecule has 27 heavy (non-hydrogen) atoms. The SMILES string of the molecule is Cc1ccc2oc(C(=O)N3CCC[C@H](C(=O)c4nccn4C)C3)c(C)c2c1. The summed E-state index contributed by atoms with van der Waals surface area (Å²) >= 11 is 0. The number of hydrogen-bond acceptors (Lipinski definition) is 4. The second-order valence-electron chi connectivity index (χ2n) is 7.37. The normalized spacial score (nSPS) is 17.4. The van der Waals surface area contributed by atoms with E-state index in [-0.39, 0.29) is 17.6 Å². The van der Waals surface area contributed by atoms with Gasteiger partial charge in [-0.05, 0) is 38.8 Å². The van der Waals surface area contributed by atoms with Gasteiger partial charge in [0.15, 0.2) is 11.6 Å². The predicted octanol–water partition coefficient (Wildman–Crippen LogP) is 3.52. The molecule has 1 atom stereocenters. The highest BCUT2D eigenvalue weighted by atomic mass is 16.3. The Hall–Kier alpha value is -2.89. The number of hydrogen-bond donors (Lipinski definition) is 0. The Morgan fingerprint density at radius 2 is 2.07 bits per heavy atom. The average Bonchev–Trinajstić information content (AvgIpc) is 3.24. The first kappa shape index (κ1) is 17.5. The molecular formula is C21H23N3O3. The van der Waals surface area contributed by atoms with Crippen molar-refractivity contribution in [2.75, 3.05) is 13.1 Å². The molecule has 1 fully saturated rings. The Bertz CT molecular complexity index is 1030. The van der Waals surface area contributed by atoms with Crippen molar-refractivity contribution in [3.63, 3.8) is 0 Å². The lowest BCUT2D eigenvalue weighted by molar-refractivity contribution is 0.0608. The molecule has 1 saturated heterocycles. The van der Waals surface area contributed by atoms with Crippen molar-refractivity contribution < 1.29 is 14.0 Å². The van der Waals surface area contributed by atoms with Crippen molar-refractivity contribution in [1.29, 1.82) is 0 Å². The molecule has 1 aromatic carbocycles. The highest BCUT2D eigenvalue weighted by molar-refractivity contribution is 6.00. The number of fused-ring (bicyclic) bond motifs is 1. The minimum atomic E-state index is -0.226. The second-order valence-corrected chi connectivity index (χ2v) is 7.37. The highest BCUT2D eigenvalue weighted by Crippen LogP contribution is 2.29. The third-order valence-electron chi connectivity index (χ3n) is 5.41. The van der Waals surface area contributed by atoms with E-state index in [1.165, 1.54) is 0 Å². The van der Waals surface area contributed by atoms with E-state index < -0.39 is 0 Å². The van der Waals surface area contributed by atoms with Crippen molar-refractivity contribution in [1.82, 2.24) is 14.5 Å². The fourth-order valence-corrected chi connectivity index (χ4v) is 3.84. The summed E-state index contributed by atoms with van der Waals surface area (Å²) in [4.78, 5) is 31.8. The van der Waals surface area contributed by atoms with Crippen molar-refractivity contribution in [3.8, 4) is 0 Å². The maximum Gasteiger partial charge on any atom is 0.289 e. The lowest BCUT2D eigenvalue weighted by Crippen LogP contribution is -2.42. The van der Waals surface area contributed by atoms with Gasteiger partial charge in [-0.2, -0.15) is 0 Å². The summed E-state index contributed by atoms with van der Waals surface area (Å²) < 4.78 is 7.59. The number of ketones is 1. The molecule has 6 heteroatoms. The molecule has 1 aliphatic rings. The first-order valence-corrected chi connectivity index (χ1v) is 9.26. The number of furan rings is 1. The van der Waals surface area contributed by atoms with Gasteiger partial charge in [0.2, 0.25) is 5.78 Å². The third-order valence-corrected chi connectivity index (χ3v) is 5.41. The van der Waals surface area contributed by atoms with Gasteiger partial charge in [0, 0.05) is 49.4 Å². The fraction of sp³-hybridized carbons (Fsp3) is 0.381. The summed E-state index contributed by atoms with van der Waals surface area (Å²) in [5.41, 5.74) is 2.71. The Morgan fingerprint density at radius 1 is 1.26 bits per heavy atom. The largest absolute Gasteiger partial charge is 0.451 e. The van der Waals surface area contributed by atoms with E-state index in [2.05, 4.69) is 4.98 Å². The van der Waals surface area contributed by atoms with Crippen LogP contribution in [0.1, 0.15) is 45.1 Å². The van der Waals surface area contributed by atoms with Gasteiger partial charge in [-0.25, -0.2) is 4.98 Å². The van der Waals surface area contributed by atoms with Crippen LogP contribution in [0.3, 0.4) is 0 Å². The Morgan fingerprint density at radius 3 is 2.81 bits per heavy atom. The van der Waals surface area contributed by atoms with Gasteiger partial charge in [-0.3, -0.25) is 9.59 Å². The van der Waals surface area contributed by atoms with Crippen molar-refractivity contribution in [2.24, 2.45) is 13.0 Å². The standard InChI is InChI=1S/C21H23N3O3/c1-13-6-7-17-16(11-13)14(2)19(27-17)21(26)24-9-4-5-15(12-24)18(25)20-22-8-10-23(20)3/h6-8,10-11,15H,4-5,9,12H2,1-3H3/t15-/m0/s1. The van der Waals surface area contributed by atoms with E-state index in [4.69, 9.17) is 4.42 Å². The first-order valence-electron chi connectivity index (χ1n) is 9.26. The molecule has 0 saturated carbocycles. The fourth-order valence-electron chi connectivity index (χ4n) is 3.84. The number of carbonyl (C=O) groups is 2. The molecule has 1 amide bonds.